The van der Waals surface area contributed by atoms with Crippen LogP contribution in [-0.4, -0.2) is 29.8 Å². The first-order valence-electron chi connectivity index (χ1n) is 11.8. The van der Waals surface area contributed by atoms with Crippen LogP contribution < -0.4 is 5.32 Å². The number of anilines is 1. The maximum atomic E-state index is 13.3. The van der Waals surface area contributed by atoms with Gasteiger partial charge < -0.3 is 10.2 Å². The van der Waals surface area contributed by atoms with Crippen LogP contribution in [0.5, 0.6) is 0 Å². The van der Waals surface area contributed by atoms with Gasteiger partial charge in [0.15, 0.2) is 0 Å². The third kappa shape index (κ3) is 3.08. The van der Waals surface area contributed by atoms with Crippen molar-refractivity contribution in [2.75, 3.05) is 12.4 Å². The number of halogens is 1. The molecule has 2 amide bonds. The van der Waals surface area contributed by atoms with Crippen molar-refractivity contribution in [2.45, 2.75) is 58.4 Å². The van der Waals surface area contributed by atoms with Crippen LogP contribution in [0.25, 0.3) is 0 Å². The summed E-state index contributed by atoms with van der Waals surface area (Å²) in [7, 11) is 1.96. The molecule has 7 atom stereocenters. The second-order valence-corrected chi connectivity index (χ2v) is 11.2. The van der Waals surface area contributed by atoms with Crippen molar-refractivity contribution in [3.63, 3.8) is 0 Å². The van der Waals surface area contributed by atoms with Gasteiger partial charge in [-0.15, -0.1) is 0 Å². The van der Waals surface area contributed by atoms with Crippen molar-refractivity contribution in [1.82, 2.24) is 4.90 Å². The molecule has 4 aliphatic rings. The van der Waals surface area contributed by atoms with Crippen LogP contribution in [0.15, 0.2) is 36.4 Å². The molecule has 3 fully saturated rings. The lowest BCUT2D eigenvalue weighted by Crippen LogP contribution is -2.59. The predicted octanol–water partition coefficient (Wildman–Crippen LogP) is 5.53. The van der Waals surface area contributed by atoms with Crippen LogP contribution >= 0.6 is 11.6 Å². The molecule has 4 nitrogen and oxygen atoms in total. The number of carbonyl (C=O) groups excluding carboxylic acids is 2. The third-order valence-electron chi connectivity index (χ3n) is 9.58. The van der Waals surface area contributed by atoms with Gasteiger partial charge in [-0.3, -0.25) is 9.59 Å². The number of carbonyl (C=O) groups is 2. The standard InChI is InChI=1S/C26H33ClN2O2/c1-25-14-12-18-16(8-11-22-26(18,2)15-13-23(30)29(22)3)17(25)9-10-19(25)24(31)28-21-7-5-4-6-20(21)27/h4-7,13,15-19,22H,8-12,14H2,1-3H3,(H,28,31)/t16-,17-,18-,19+,22+,25+,26+/m0/s1. The molecule has 0 unspecified atom stereocenters. The summed E-state index contributed by atoms with van der Waals surface area (Å²) in [5, 5.41) is 3.71. The van der Waals surface area contributed by atoms with E-state index in [0.29, 0.717) is 34.5 Å². The fourth-order valence-corrected chi connectivity index (χ4v) is 8.13. The van der Waals surface area contributed by atoms with E-state index in [-0.39, 0.29) is 28.6 Å². The fraction of sp³-hybridized carbons (Fsp3) is 0.615. The Morgan fingerprint density at radius 2 is 1.87 bits per heavy atom. The number of fused-ring (bicyclic) bond motifs is 5. The number of likely N-dealkylation sites (N-methyl/N-ethyl adjacent to an activating group) is 1. The number of para-hydroxylation sites is 1. The van der Waals surface area contributed by atoms with Crippen LogP contribution in [0.4, 0.5) is 5.69 Å². The highest BCUT2D eigenvalue weighted by molar-refractivity contribution is 6.33. The lowest BCUT2D eigenvalue weighted by atomic mass is 9.47. The number of nitrogens with zero attached hydrogens (tertiary/aromatic N) is 1. The first-order valence-corrected chi connectivity index (χ1v) is 12.1. The summed E-state index contributed by atoms with van der Waals surface area (Å²) in [6.07, 6.45) is 10.5. The van der Waals surface area contributed by atoms with E-state index in [1.165, 1.54) is 0 Å². The van der Waals surface area contributed by atoms with Gasteiger partial charge in [-0.05, 0) is 79.9 Å². The van der Waals surface area contributed by atoms with Crippen LogP contribution in [0.2, 0.25) is 5.02 Å². The highest BCUT2D eigenvalue weighted by Gasteiger charge is 2.61. The van der Waals surface area contributed by atoms with E-state index in [9.17, 15) is 9.59 Å². The minimum atomic E-state index is 0.0337. The van der Waals surface area contributed by atoms with Crippen LogP contribution in [0.1, 0.15) is 52.4 Å². The molecule has 3 aliphatic carbocycles. The van der Waals surface area contributed by atoms with Crippen molar-refractivity contribution < 1.29 is 9.59 Å². The molecule has 5 heteroatoms. The molecule has 1 heterocycles. The van der Waals surface area contributed by atoms with Gasteiger partial charge in [0.2, 0.25) is 11.8 Å². The van der Waals surface area contributed by atoms with E-state index in [1.54, 1.807) is 6.08 Å². The van der Waals surface area contributed by atoms with Crippen molar-refractivity contribution in [3.05, 3.63) is 41.4 Å². The normalized spacial score (nSPS) is 41.4. The summed E-state index contributed by atoms with van der Waals surface area (Å²) in [5.41, 5.74) is 0.795. The molecule has 0 spiro atoms. The second-order valence-electron chi connectivity index (χ2n) is 10.8. The molecule has 5 rings (SSSR count). The van der Waals surface area contributed by atoms with Gasteiger partial charge in [0.25, 0.3) is 0 Å². The Hall–Kier alpha value is -1.81. The molecule has 1 N–H and O–H groups in total. The smallest absolute Gasteiger partial charge is 0.246 e. The summed E-state index contributed by atoms with van der Waals surface area (Å²) in [5.74, 6) is 2.08. The Morgan fingerprint density at radius 1 is 1.10 bits per heavy atom. The molecule has 0 aromatic heterocycles. The van der Waals surface area contributed by atoms with E-state index in [2.05, 4.69) is 25.2 Å². The predicted molar refractivity (Wildman–Crippen MR) is 124 cm³/mol. The van der Waals surface area contributed by atoms with Gasteiger partial charge >= 0.3 is 0 Å². The van der Waals surface area contributed by atoms with Gasteiger partial charge in [0.05, 0.1) is 10.7 Å². The zero-order valence-corrected chi connectivity index (χ0v) is 19.5. The Labute approximate surface area is 190 Å². The van der Waals surface area contributed by atoms with Gasteiger partial charge in [0, 0.05) is 24.4 Å². The molecule has 0 bridgehead atoms. The molecule has 1 aromatic rings. The Bertz CT molecular complexity index is 945. The quantitative estimate of drug-likeness (QED) is 0.656. The summed E-state index contributed by atoms with van der Waals surface area (Å²) >= 11 is 6.29. The largest absolute Gasteiger partial charge is 0.338 e. The number of nitrogens with one attached hydrogen (secondary N) is 1. The summed E-state index contributed by atoms with van der Waals surface area (Å²) in [6.45, 7) is 4.73. The summed E-state index contributed by atoms with van der Waals surface area (Å²) in [6, 6.07) is 7.79. The number of hydrogen-bond donors (Lipinski definition) is 1. The maximum absolute atomic E-state index is 13.3. The summed E-state index contributed by atoms with van der Waals surface area (Å²) in [4.78, 5) is 27.6. The third-order valence-corrected chi connectivity index (χ3v) is 9.91. The Balaban J connectivity index is 1.38. The molecule has 1 aliphatic heterocycles. The van der Waals surface area contributed by atoms with Gasteiger partial charge in [-0.1, -0.05) is 43.7 Å². The SMILES string of the molecule is CN1C(=O)C=C[C@]2(C)[C@H]3CC[C@@]4(C)[C@@H](C(=O)Nc5ccccc5Cl)CC[C@H]4[C@@H]3CC[C@@H]12. The number of hydrogen-bond acceptors (Lipinski definition) is 2. The van der Waals surface area contributed by atoms with E-state index in [1.807, 2.05) is 36.2 Å². The van der Waals surface area contributed by atoms with Crippen LogP contribution in [0, 0.1) is 34.5 Å². The molecular weight excluding hydrogens is 408 g/mol. The maximum Gasteiger partial charge on any atom is 0.246 e. The second kappa shape index (κ2) is 7.37. The van der Waals surface area contributed by atoms with E-state index < -0.39 is 0 Å². The summed E-state index contributed by atoms with van der Waals surface area (Å²) < 4.78 is 0. The minimum Gasteiger partial charge on any atom is -0.338 e. The lowest BCUT2D eigenvalue weighted by molar-refractivity contribution is -0.141. The van der Waals surface area contributed by atoms with E-state index in [0.717, 1.165) is 38.5 Å². The van der Waals surface area contributed by atoms with E-state index in [4.69, 9.17) is 11.6 Å². The van der Waals surface area contributed by atoms with Crippen molar-refractivity contribution in [1.29, 1.82) is 0 Å². The van der Waals surface area contributed by atoms with Gasteiger partial charge in [-0.25, -0.2) is 0 Å². The Morgan fingerprint density at radius 3 is 2.65 bits per heavy atom. The van der Waals surface area contributed by atoms with Crippen molar-refractivity contribution >= 4 is 29.1 Å². The first-order chi connectivity index (χ1) is 14.8. The van der Waals surface area contributed by atoms with Crippen molar-refractivity contribution in [2.24, 2.45) is 34.5 Å². The average molecular weight is 441 g/mol. The molecule has 31 heavy (non-hydrogen) atoms. The highest BCUT2D eigenvalue weighted by Crippen LogP contribution is 2.65. The van der Waals surface area contributed by atoms with Crippen LogP contribution in [-0.2, 0) is 9.59 Å². The monoisotopic (exact) mass is 440 g/mol. The van der Waals surface area contributed by atoms with E-state index >= 15 is 0 Å². The molecule has 0 saturated heterocycles. The lowest BCUT2D eigenvalue weighted by Gasteiger charge is -2.60. The van der Waals surface area contributed by atoms with Crippen LogP contribution in [0.3, 0.4) is 0 Å². The minimum absolute atomic E-state index is 0.0337. The Kier molecular flexibility index (Phi) is 5.00. The zero-order chi connectivity index (χ0) is 22.0. The number of rotatable bonds is 2. The van der Waals surface area contributed by atoms with Crippen molar-refractivity contribution in [3.8, 4) is 0 Å². The number of amides is 2. The topological polar surface area (TPSA) is 49.4 Å². The van der Waals surface area contributed by atoms with Gasteiger partial charge in [-0.2, -0.15) is 0 Å². The molecule has 0 radical (unpaired) electrons. The zero-order valence-electron chi connectivity index (χ0n) is 18.7. The molecule has 166 valence electrons. The molecule has 3 saturated carbocycles. The first kappa shape index (κ1) is 21.1. The average Bonchev–Trinajstić information content (AvgIpc) is 3.10. The molecular formula is C26H33ClN2O2. The fourth-order valence-electron chi connectivity index (χ4n) is 7.95. The van der Waals surface area contributed by atoms with Gasteiger partial charge in [0.1, 0.15) is 0 Å². The molecule has 1 aromatic carbocycles. The number of benzene rings is 1. The highest BCUT2D eigenvalue weighted by atomic mass is 35.5.